The second-order valence-electron chi connectivity index (χ2n) is 7.90. The summed E-state index contributed by atoms with van der Waals surface area (Å²) in [5.41, 5.74) is 10.7. The van der Waals surface area contributed by atoms with Crippen LogP contribution in [0.15, 0.2) is 97.1 Å². The lowest BCUT2D eigenvalue weighted by Gasteiger charge is -2.02. The minimum Gasteiger partial charge on any atom is -0.0620 e. The molecular formula is C30H34. The van der Waals surface area contributed by atoms with Gasteiger partial charge in [0.05, 0.1) is 0 Å². The van der Waals surface area contributed by atoms with Crippen LogP contribution in [-0.2, 0) is 0 Å². The van der Waals surface area contributed by atoms with Gasteiger partial charge in [0.15, 0.2) is 0 Å². The van der Waals surface area contributed by atoms with Crippen LogP contribution < -0.4 is 0 Å². The molecule has 0 radical (unpaired) electrons. The van der Waals surface area contributed by atoms with Gasteiger partial charge in [-0.3, -0.25) is 0 Å². The Morgan fingerprint density at radius 1 is 0.300 bits per heavy atom. The summed E-state index contributed by atoms with van der Waals surface area (Å²) in [5.74, 6) is 0. The molecule has 154 valence electrons. The molecule has 0 amide bonds. The molecule has 0 aliphatic heterocycles. The standard InChI is InChI=1S/C14H14.2C8H10/c1-11-3-7-13(8-4-11)14-9-5-12(2)6-10-14;2*1-7-5-3-4-6-8(7)2/h3-10H,1-2H3;2*3-6H,1-2H3. The van der Waals surface area contributed by atoms with E-state index in [9.17, 15) is 0 Å². The summed E-state index contributed by atoms with van der Waals surface area (Å²) in [5, 5.41) is 0. The van der Waals surface area contributed by atoms with Crippen molar-refractivity contribution in [1.82, 2.24) is 0 Å². The highest BCUT2D eigenvalue weighted by Gasteiger charge is 1.95. The quantitative estimate of drug-likeness (QED) is 0.303. The van der Waals surface area contributed by atoms with Crippen molar-refractivity contribution in [1.29, 1.82) is 0 Å². The number of rotatable bonds is 1. The van der Waals surface area contributed by atoms with Gasteiger partial charge in [0, 0.05) is 0 Å². The van der Waals surface area contributed by atoms with Crippen LogP contribution in [0.1, 0.15) is 33.4 Å². The minimum absolute atomic E-state index is 1.29. The Morgan fingerprint density at radius 2 is 0.533 bits per heavy atom. The SMILES string of the molecule is Cc1ccc(-c2ccc(C)cc2)cc1.Cc1ccccc1C.Cc1ccccc1C. The third-order valence-electron chi connectivity index (χ3n) is 5.29. The molecule has 0 aliphatic carbocycles. The molecule has 0 saturated carbocycles. The van der Waals surface area contributed by atoms with Crippen LogP contribution in [0.25, 0.3) is 11.1 Å². The van der Waals surface area contributed by atoms with Gasteiger partial charge in [-0.25, -0.2) is 0 Å². The van der Waals surface area contributed by atoms with E-state index in [1.54, 1.807) is 0 Å². The molecule has 4 rings (SSSR count). The molecule has 30 heavy (non-hydrogen) atoms. The average Bonchev–Trinajstić information content (AvgIpc) is 2.75. The minimum atomic E-state index is 1.29. The summed E-state index contributed by atoms with van der Waals surface area (Å²) < 4.78 is 0. The van der Waals surface area contributed by atoms with E-state index in [1.165, 1.54) is 44.5 Å². The van der Waals surface area contributed by atoms with Crippen LogP contribution in [-0.4, -0.2) is 0 Å². The number of hydrogen-bond donors (Lipinski definition) is 0. The predicted molar refractivity (Wildman–Crippen MR) is 133 cm³/mol. The second kappa shape index (κ2) is 11.8. The van der Waals surface area contributed by atoms with E-state index >= 15 is 0 Å². The van der Waals surface area contributed by atoms with Gasteiger partial charge >= 0.3 is 0 Å². The Kier molecular flexibility index (Phi) is 9.09. The van der Waals surface area contributed by atoms with Crippen LogP contribution in [0.5, 0.6) is 0 Å². The maximum atomic E-state index is 2.17. The summed E-state index contributed by atoms with van der Waals surface area (Å²) in [4.78, 5) is 0. The van der Waals surface area contributed by atoms with Crippen molar-refractivity contribution < 1.29 is 0 Å². The molecule has 0 heteroatoms. The second-order valence-corrected chi connectivity index (χ2v) is 7.90. The van der Waals surface area contributed by atoms with E-state index in [-0.39, 0.29) is 0 Å². The van der Waals surface area contributed by atoms with Crippen LogP contribution in [0.3, 0.4) is 0 Å². The van der Waals surface area contributed by atoms with Crippen molar-refractivity contribution in [2.24, 2.45) is 0 Å². The molecule has 4 aromatic carbocycles. The van der Waals surface area contributed by atoms with Gasteiger partial charge in [0.25, 0.3) is 0 Å². The van der Waals surface area contributed by atoms with Gasteiger partial charge in [0.2, 0.25) is 0 Å². The van der Waals surface area contributed by atoms with Gasteiger partial charge < -0.3 is 0 Å². The van der Waals surface area contributed by atoms with Crippen molar-refractivity contribution in [2.45, 2.75) is 41.5 Å². The van der Waals surface area contributed by atoms with Gasteiger partial charge in [-0.2, -0.15) is 0 Å². The third-order valence-corrected chi connectivity index (χ3v) is 5.29. The molecule has 0 heterocycles. The molecule has 4 aromatic rings. The van der Waals surface area contributed by atoms with Gasteiger partial charge in [-0.15, -0.1) is 0 Å². The van der Waals surface area contributed by atoms with Crippen molar-refractivity contribution >= 4 is 0 Å². The largest absolute Gasteiger partial charge is 0.0620 e. The molecule has 0 aromatic heterocycles. The molecule has 0 spiro atoms. The zero-order chi connectivity index (χ0) is 21.9. The summed E-state index contributed by atoms with van der Waals surface area (Å²) in [6, 6.07) is 34.0. The summed E-state index contributed by atoms with van der Waals surface area (Å²) in [7, 11) is 0. The number of aryl methyl sites for hydroxylation is 6. The Morgan fingerprint density at radius 3 is 0.733 bits per heavy atom. The molecule has 0 saturated heterocycles. The molecule has 0 bridgehead atoms. The predicted octanol–water partition coefficient (Wildman–Crippen LogP) is 8.58. The highest BCUT2D eigenvalue weighted by Crippen LogP contribution is 2.19. The maximum Gasteiger partial charge on any atom is -0.0184 e. The van der Waals surface area contributed by atoms with Crippen LogP contribution >= 0.6 is 0 Å². The van der Waals surface area contributed by atoms with Gasteiger partial charge in [-0.1, -0.05) is 108 Å². The average molecular weight is 395 g/mol. The van der Waals surface area contributed by atoms with Crippen LogP contribution in [0, 0.1) is 41.5 Å². The van der Waals surface area contributed by atoms with Crippen LogP contribution in [0.4, 0.5) is 0 Å². The van der Waals surface area contributed by atoms with Crippen molar-refractivity contribution in [2.75, 3.05) is 0 Å². The van der Waals surface area contributed by atoms with Crippen LogP contribution in [0.2, 0.25) is 0 Å². The zero-order valence-electron chi connectivity index (χ0n) is 19.2. The Balaban J connectivity index is 0.000000172. The first kappa shape index (κ1) is 23.2. The van der Waals surface area contributed by atoms with Gasteiger partial charge in [-0.05, 0) is 74.9 Å². The fourth-order valence-electron chi connectivity index (χ4n) is 2.82. The Labute approximate surface area is 183 Å². The highest BCUT2D eigenvalue weighted by atomic mass is 14.0. The van der Waals surface area contributed by atoms with E-state index in [2.05, 4.69) is 139 Å². The van der Waals surface area contributed by atoms with Crippen molar-refractivity contribution in [3.05, 3.63) is 130 Å². The topological polar surface area (TPSA) is 0 Å². The highest BCUT2D eigenvalue weighted by molar-refractivity contribution is 5.63. The van der Waals surface area contributed by atoms with E-state index in [1.807, 2.05) is 0 Å². The molecule has 0 N–H and O–H groups in total. The fourth-order valence-corrected chi connectivity index (χ4v) is 2.82. The molecular weight excluding hydrogens is 360 g/mol. The first-order valence-corrected chi connectivity index (χ1v) is 10.5. The smallest absolute Gasteiger partial charge is 0.0184 e. The van der Waals surface area contributed by atoms with Crippen molar-refractivity contribution in [3.8, 4) is 11.1 Å². The fraction of sp³-hybridized carbons (Fsp3) is 0.200. The molecule has 0 aliphatic rings. The third kappa shape index (κ3) is 7.72. The summed E-state index contributed by atoms with van der Waals surface area (Å²) in [6.45, 7) is 12.7. The monoisotopic (exact) mass is 394 g/mol. The van der Waals surface area contributed by atoms with E-state index in [0.29, 0.717) is 0 Å². The van der Waals surface area contributed by atoms with E-state index < -0.39 is 0 Å². The first-order chi connectivity index (χ1) is 14.4. The lowest BCUT2D eigenvalue weighted by atomic mass is 10.0. The maximum absolute atomic E-state index is 2.17. The van der Waals surface area contributed by atoms with Gasteiger partial charge in [0.1, 0.15) is 0 Å². The molecule has 0 fully saturated rings. The zero-order valence-corrected chi connectivity index (χ0v) is 19.2. The number of benzene rings is 4. The summed E-state index contributed by atoms with van der Waals surface area (Å²) >= 11 is 0. The Hall–Kier alpha value is -3.12. The lowest BCUT2D eigenvalue weighted by Crippen LogP contribution is -1.78. The van der Waals surface area contributed by atoms with Crippen molar-refractivity contribution in [3.63, 3.8) is 0 Å². The normalized spacial score (nSPS) is 9.67. The van der Waals surface area contributed by atoms with E-state index in [4.69, 9.17) is 0 Å². The summed E-state index contributed by atoms with van der Waals surface area (Å²) in [6.07, 6.45) is 0. The number of hydrogen-bond acceptors (Lipinski definition) is 0. The van der Waals surface area contributed by atoms with E-state index in [0.717, 1.165) is 0 Å². The molecule has 0 unspecified atom stereocenters. The molecule has 0 nitrogen and oxygen atoms in total. The first-order valence-electron chi connectivity index (χ1n) is 10.5. The molecule has 0 atom stereocenters. The Bertz CT molecular complexity index is 893. The lowest BCUT2D eigenvalue weighted by molar-refractivity contribution is 1.34.